The van der Waals surface area contributed by atoms with Gasteiger partial charge < -0.3 is 4.42 Å². The van der Waals surface area contributed by atoms with Crippen LogP contribution >= 0.6 is 0 Å². The van der Waals surface area contributed by atoms with Crippen LogP contribution in [-0.4, -0.2) is 9.97 Å². The highest BCUT2D eigenvalue weighted by Crippen LogP contribution is 2.52. The Morgan fingerprint density at radius 3 is 1.54 bits per heavy atom. The van der Waals surface area contributed by atoms with Crippen LogP contribution in [-0.2, 0) is 5.41 Å². The number of aromatic nitrogens is 2. The van der Waals surface area contributed by atoms with E-state index in [1.54, 1.807) is 0 Å². The van der Waals surface area contributed by atoms with Crippen molar-refractivity contribution in [3.63, 3.8) is 0 Å². The van der Waals surface area contributed by atoms with Crippen molar-refractivity contribution in [1.82, 2.24) is 9.97 Å². The van der Waals surface area contributed by atoms with Crippen LogP contribution in [0.1, 0.15) is 23.6 Å². The molecule has 0 bridgehead atoms. The van der Waals surface area contributed by atoms with Crippen molar-refractivity contribution < 1.29 is 4.42 Å². The van der Waals surface area contributed by atoms with Gasteiger partial charge in [0.05, 0.1) is 11.4 Å². The molecule has 0 saturated carbocycles. The fraction of sp³-hybridized carbons (Fsp3) is 0.0370. The number of rotatable bonds is 6. The highest BCUT2D eigenvalue weighted by Gasteiger charge is 2.40. The van der Waals surface area contributed by atoms with Gasteiger partial charge in [-0.15, -0.1) is 0 Å². The van der Waals surface area contributed by atoms with Gasteiger partial charge in [-0.05, 0) is 87.3 Å². The molecule has 0 amide bonds. The molecular formula is C54H36N2O. The molecule has 57 heavy (non-hydrogen) atoms. The average molecular weight is 729 g/mol. The lowest BCUT2D eigenvalue weighted by atomic mass is 9.74. The van der Waals surface area contributed by atoms with Gasteiger partial charge in [0.15, 0.2) is 5.82 Å². The number of benzene rings is 8. The third-order valence-corrected chi connectivity index (χ3v) is 11.8. The zero-order valence-electron chi connectivity index (χ0n) is 31.4. The molecule has 0 fully saturated rings. The molecule has 0 radical (unpaired) electrons. The molecule has 0 saturated heterocycles. The minimum absolute atomic E-state index is 0.241. The summed E-state index contributed by atoms with van der Waals surface area (Å²) >= 11 is 0. The minimum atomic E-state index is -0.241. The van der Waals surface area contributed by atoms with Crippen molar-refractivity contribution in [2.75, 3.05) is 0 Å². The standard InChI is InChI=1S/C54H36N2O/c1-54(47-19-8-5-16-43(47)44-17-6-9-20-48(44)54)42-15-11-14-40(32-42)35-22-26-37(27-23-35)49-34-50(56-53(55-49)39-12-3-2-4-13-39)38-28-24-36(25-29-38)41-30-31-52-46(33-41)45-18-7-10-21-51(45)57-52/h2-34H,1H3. The Morgan fingerprint density at radius 1 is 0.368 bits per heavy atom. The molecule has 1 aliphatic rings. The van der Waals surface area contributed by atoms with E-state index in [2.05, 4.69) is 177 Å². The molecule has 11 rings (SSSR count). The van der Waals surface area contributed by atoms with Crippen molar-refractivity contribution in [2.45, 2.75) is 12.3 Å². The fourth-order valence-electron chi connectivity index (χ4n) is 8.81. The first-order valence-corrected chi connectivity index (χ1v) is 19.5. The van der Waals surface area contributed by atoms with Gasteiger partial charge in [-0.2, -0.15) is 0 Å². The summed E-state index contributed by atoms with van der Waals surface area (Å²) in [5.41, 5.74) is 17.7. The van der Waals surface area contributed by atoms with E-state index in [9.17, 15) is 0 Å². The molecule has 3 heteroatoms. The molecule has 0 spiro atoms. The van der Waals surface area contributed by atoms with E-state index in [-0.39, 0.29) is 5.41 Å². The van der Waals surface area contributed by atoms with E-state index in [4.69, 9.17) is 14.4 Å². The van der Waals surface area contributed by atoms with E-state index in [0.717, 1.165) is 61.1 Å². The third kappa shape index (κ3) is 5.50. The van der Waals surface area contributed by atoms with Crippen LogP contribution in [0.3, 0.4) is 0 Å². The first kappa shape index (κ1) is 33.0. The maximum absolute atomic E-state index is 6.08. The Kier molecular flexibility index (Phi) is 7.61. The molecule has 8 aromatic carbocycles. The molecule has 0 unspecified atom stereocenters. The number of hydrogen-bond acceptors (Lipinski definition) is 3. The zero-order chi connectivity index (χ0) is 37.9. The van der Waals surface area contributed by atoms with Crippen LogP contribution in [0.4, 0.5) is 0 Å². The van der Waals surface area contributed by atoms with E-state index in [0.29, 0.717) is 5.82 Å². The second kappa shape index (κ2) is 13.1. The Balaban J connectivity index is 0.937. The van der Waals surface area contributed by atoms with Crippen LogP contribution in [0.2, 0.25) is 0 Å². The van der Waals surface area contributed by atoms with Crippen LogP contribution < -0.4 is 0 Å². The second-order valence-electron chi connectivity index (χ2n) is 15.1. The summed E-state index contributed by atoms with van der Waals surface area (Å²) in [6, 6.07) is 71.2. The number of para-hydroxylation sites is 1. The molecule has 10 aromatic rings. The fourth-order valence-corrected chi connectivity index (χ4v) is 8.81. The second-order valence-corrected chi connectivity index (χ2v) is 15.1. The molecule has 2 heterocycles. The lowest BCUT2D eigenvalue weighted by Crippen LogP contribution is -2.22. The van der Waals surface area contributed by atoms with Gasteiger partial charge in [0, 0.05) is 32.9 Å². The summed E-state index contributed by atoms with van der Waals surface area (Å²) in [6.07, 6.45) is 0. The van der Waals surface area contributed by atoms with E-state index in [1.165, 1.54) is 38.9 Å². The maximum atomic E-state index is 6.08. The molecule has 268 valence electrons. The predicted molar refractivity (Wildman–Crippen MR) is 234 cm³/mol. The summed E-state index contributed by atoms with van der Waals surface area (Å²) in [5, 5.41) is 2.25. The van der Waals surface area contributed by atoms with Crippen molar-refractivity contribution in [3.8, 4) is 67.3 Å². The molecular weight excluding hydrogens is 693 g/mol. The lowest BCUT2D eigenvalue weighted by Gasteiger charge is -2.28. The van der Waals surface area contributed by atoms with Gasteiger partial charge in [0.1, 0.15) is 11.2 Å². The minimum Gasteiger partial charge on any atom is -0.456 e. The average Bonchev–Trinajstić information content (AvgIpc) is 3.79. The summed E-state index contributed by atoms with van der Waals surface area (Å²) in [4.78, 5) is 10.2. The number of furan rings is 1. The van der Waals surface area contributed by atoms with Gasteiger partial charge in [-0.3, -0.25) is 0 Å². The first-order valence-electron chi connectivity index (χ1n) is 19.5. The lowest BCUT2D eigenvalue weighted by molar-refractivity contribution is 0.669. The molecule has 2 aromatic heterocycles. The molecule has 3 nitrogen and oxygen atoms in total. The quantitative estimate of drug-likeness (QED) is 0.171. The van der Waals surface area contributed by atoms with Crippen molar-refractivity contribution in [2.24, 2.45) is 0 Å². The Hall–Kier alpha value is -7.36. The van der Waals surface area contributed by atoms with Gasteiger partial charge >= 0.3 is 0 Å². The highest BCUT2D eigenvalue weighted by atomic mass is 16.3. The predicted octanol–water partition coefficient (Wildman–Crippen LogP) is 14.0. The Bertz CT molecular complexity index is 3080. The van der Waals surface area contributed by atoms with Crippen LogP contribution in [0.5, 0.6) is 0 Å². The molecule has 1 aliphatic carbocycles. The highest BCUT2D eigenvalue weighted by molar-refractivity contribution is 6.06. The topological polar surface area (TPSA) is 38.9 Å². The van der Waals surface area contributed by atoms with Crippen molar-refractivity contribution in [3.05, 3.63) is 217 Å². The van der Waals surface area contributed by atoms with E-state index < -0.39 is 0 Å². The molecule has 0 atom stereocenters. The number of nitrogens with zero attached hydrogens (tertiary/aromatic N) is 2. The maximum Gasteiger partial charge on any atom is 0.160 e. The van der Waals surface area contributed by atoms with Gasteiger partial charge in [0.25, 0.3) is 0 Å². The molecule has 0 N–H and O–H groups in total. The van der Waals surface area contributed by atoms with Gasteiger partial charge in [0.2, 0.25) is 0 Å². The SMILES string of the molecule is CC1(c2cccc(-c3ccc(-c4cc(-c5ccc(-c6ccc7oc8ccccc8c7c6)cc5)nc(-c5ccccc5)n4)cc3)c2)c2ccccc2-c2ccccc21. The van der Waals surface area contributed by atoms with Gasteiger partial charge in [-0.25, -0.2) is 9.97 Å². The Labute approximate surface area is 331 Å². The number of fused-ring (bicyclic) bond motifs is 6. The summed E-state index contributed by atoms with van der Waals surface area (Å²) in [6.45, 7) is 2.37. The third-order valence-electron chi connectivity index (χ3n) is 11.8. The van der Waals surface area contributed by atoms with Crippen LogP contribution in [0, 0.1) is 0 Å². The van der Waals surface area contributed by atoms with Crippen LogP contribution in [0.25, 0.3) is 89.2 Å². The van der Waals surface area contributed by atoms with E-state index in [1.807, 2.05) is 30.3 Å². The molecule has 0 aliphatic heterocycles. The van der Waals surface area contributed by atoms with E-state index >= 15 is 0 Å². The van der Waals surface area contributed by atoms with Crippen molar-refractivity contribution in [1.29, 1.82) is 0 Å². The van der Waals surface area contributed by atoms with Crippen molar-refractivity contribution >= 4 is 21.9 Å². The zero-order valence-corrected chi connectivity index (χ0v) is 31.4. The summed E-state index contributed by atoms with van der Waals surface area (Å²) in [7, 11) is 0. The Morgan fingerprint density at radius 2 is 0.877 bits per heavy atom. The van der Waals surface area contributed by atoms with Gasteiger partial charge in [-0.1, -0.05) is 170 Å². The summed E-state index contributed by atoms with van der Waals surface area (Å²) in [5.74, 6) is 0.701. The first-order chi connectivity index (χ1) is 28.1. The summed E-state index contributed by atoms with van der Waals surface area (Å²) < 4.78 is 6.08. The smallest absolute Gasteiger partial charge is 0.160 e. The van der Waals surface area contributed by atoms with Crippen LogP contribution in [0.15, 0.2) is 205 Å². The normalized spacial score (nSPS) is 12.8. The monoisotopic (exact) mass is 728 g/mol. The largest absolute Gasteiger partial charge is 0.456 e. The number of hydrogen-bond donors (Lipinski definition) is 0.